The SMILES string of the molecule is Cc1ccccc1-n1nnnc1SCC(=O)NCc1ccc(F)cc1. The smallest absolute Gasteiger partial charge is 0.230 e. The van der Waals surface area contributed by atoms with Gasteiger partial charge in [-0.15, -0.1) is 5.10 Å². The van der Waals surface area contributed by atoms with Crippen molar-refractivity contribution >= 4 is 17.7 Å². The third-order valence-electron chi connectivity index (χ3n) is 3.52. The Kier molecular flexibility index (Phi) is 5.39. The normalized spacial score (nSPS) is 10.6. The summed E-state index contributed by atoms with van der Waals surface area (Å²) in [5.41, 5.74) is 2.75. The molecule has 0 saturated carbocycles. The maximum absolute atomic E-state index is 12.9. The van der Waals surface area contributed by atoms with Crippen LogP contribution in [0.4, 0.5) is 4.39 Å². The predicted molar refractivity (Wildman–Crippen MR) is 92.9 cm³/mol. The molecule has 0 radical (unpaired) electrons. The fourth-order valence-electron chi connectivity index (χ4n) is 2.21. The minimum Gasteiger partial charge on any atom is -0.351 e. The van der Waals surface area contributed by atoms with Gasteiger partial charge in [0.05, 0.1) is 11.4 Å². The summed E-state index contributed by atoms with van der Waals surface area (Å²) >= 11 is 1.26. The Morgan fingerprint density at radius 2 is 1.96 bits per heavy atom. The maximum Gasteiger partial charge on any atom is 0.230 e. The van der Waals surface area contributed by atoms with Gasteiger partial charge in [0.15, 0.2) is 0 Å². The Bertz CT molecular complexity index is 865. The van der Waals surface area contributed by atoms with E-state index in [-0.39, 0.29) is 17.5 Å². The van der Waals surface area contributed by atoms with Gasteiger partial charge in [0.1, 0.15) is 5.82 Å². The van der Waals surface area contributed by atoms with E-state index in [9.17, 15) is 9.18 Å². The lowest BCUT2D eigenvalue weighted by Crippen LogP contribution is -2.24. The number of carbonyl (C=O) groups excluding carboxylic acids is 1. The Morgan fingerprint density at radius 1 is 1.20 bits per heavy atom. The average Bonchev–Trinajstić information content (AvgIpc) is 3.08. The first-order valence-electron chi connectivity index (χ1n) is 7.62. The first-order chi connectivity index (χ1) is 12.1. The molecule has 1 aromatic heterocycles. The van der Waals surface area contributed by atoms with Crippen molar-refractivity contribution in [3.63, 3.8) is 0 Å². The van der Waals surface area contributed by atoms with Gasteiger partial charge in [-0.2, -0.15) is 4.68 Å². The highest BCUT2D eigenvalue weighted by molar-refractivity contribution is 7.99. The van der Waals surface area contributed by atoms with Crippen molar-refractivity contribution in [1.29, 1.82) is 0 Å². The molecule has 0 aliphatic carbocycles. The molecule has 0 atom stereocenters. The number of hydrogen-bond acceptors (Lipinski definition) is 5. The van der Waals surface area contributed by atoms with Crippen LogP contribution in [-0.2, 0) is 11.3 Å². The van der Waals surface area contributed by atoms with Crippen molar-refractivity contribution in [2.24, 2.45) is 0 Å². The molecule has 2 aromatic carbocycles. The number of thioether (sulfide) groups is 1. The van der Waals surface area contributed by atoms with Crippen molar-refractivity contribution in [1.82, 2.24) is 25.5 Å². The molecule has 3 aromatic rings. The molecule has 8 heteroatoms. The van der Waals surface area contributed by atoms with Crippen LogP contribution in [0.3, 0.4) is 0 Å². The highest BCUT2D eigenvalue weighted by atomic mass is 32.2. The van der Waals surface area contributed by atoms with Gasteiger partial charge in [0.2, 0.25) is 11.1 Å². The van der Waals surface area contributed by atoms with E-state index < -0.39 is 0 Å². The van der Waals surface area contributed by atoms with Gasteiger partial charge in [-0.05, 0) is 46.7 Å². The summed E-state index contributed by atoms with van der Waals surface area (Å²) in [6, 6.07) is 13.8. The maximum atomic E-state index is 12.9. The molecule has 3 rings (SSSR count). The molecule has 1 amide bonds. The summed E-state index contributed by atoms with van der Waals surface area (Å²) in [4.78, 5) is 12.0. The van der Waals surface area contributed by atoms with Crippen molar-refractivity contribution in [3.05, 3.63) is 65.5 Å². The number of halogens is 1. The molecule has 1 N–H and O–H groups in total. The summed E-state index contributed by atoms with van der Waals surface area (Å²) in [6.45, 7) is 2.32. The van der Waals surface area contributed by atoms with E-state index >= 15 is 0 Å². The third kappa shape index (κ3) is 4.42. The highest BCUT2D eigenvalue weighted by Gasteiger charge is 2.12. The number of carbonyl (C=O) groups is 1. The second-order valence-electron chi connectivity index (χ2n) is 5.35. The number of aromatic nitrogens is 4. The van der Waals surface area contributed by atoms with Gasteiger partial charge < -0.3 is 5.32 Å². The molecule has 0 spiro atoms. The number of tetrazole rings is 1. The van der Waals surface area contributed by atoms with E-state index in [2.05, 4.69) is 20.8 Å². The van der Waals surface area contributed by atoms with Gasteiger partial charge in [0.25, 0.3) is 0 Å². The standard InChI is InChI=1S/C17H16FN5OS/c1-12-4-2-3-5-15(12)23-17(20-21-22-23)25-11-16(24)19-10-13-6-8-14(18)9-7-13/h2-9H,10-11H2,1H3,(H,19,24). The van der Waals surface area contributed by atoms with Crippen LogP contribution in [0.2, 0.25) is 0 Å². The minimum atomic E-state index is -0.298. The largest absolute Gasteiger partial charge is 0.351 e. The number of aryl methyl sites for hydroxylation is 1. The summed E-state index contributed by atoms with van der Waals surface area (Å²) in [5.74, 6) is -0.254. The van der Waals surface area contributed by atoms with Crippen molar-refractivity contribution in [2.45, 2.75) is 18.6 Å². The Balaban J connectivity index is 1.57. The summed E-state index contributed by atoms with van der Waals surface area (Å²) < 4.78 is 14.5. The van der Waals surface area contributed by atoms with Gasteiger partial charge >= 0.3 is 0 Å². The van der Waals surface area contributed by atoms with E-state index in [0.29, 0.717) is 11.7 Å². The van der Waals surface area contributed by atoms with Crippen molar-refractivity contribution in [2.75, 3.05) is 5.75 Å². The van der Waals surface area contributed by atoms with Gasteiger partial charge in [-0.25, -0.2) is 4.39 Å². The molecule has 0 aliphatic rings. The van der Waals surface area contributed by atoms with E-state index in [1.54, 1.807) is 16.8 Å². The molecule has 25 heavy (non-hydrogen) atoms. The first kappa shape index (κ1) is 17.1. The van der Waals surface area contributed by atoms with E-state index in [1.807, 2.05) is 31.2 Å². The quantitative estimate of drug-likeness (QED) is 0.686. The first-order valence-corrected chi connectivity index (χ1v) is 8.60. The zero-order valence-electron chi connectivity index (χ0n) is 13.5. The van der Waals surface area contributed by atoms with E-state index in [4.69, 9.17) is 0 Å². The zero-order chi connectivity index (χ0) is 17.6. The van der Waals surface area contributed by atoms with Crippen LogP contribution in [0, 0.1) is 12.7 Å². The number of rotatable bonds is 6. The van der Waals surface area contributed by atoms with E-state index in [1.165, 1.54) is 23.9 Å². The van der Waals surface area contributed by atoms with Crippen LogP contribution in [0.25, 0.3) is 5.69 Å². The number of amides is 1. The van der Waals surface area contributed by atoms with Gasteiger partial charge in [0, 0.05) is 6.54 Å². The molecule has 6 nitrogen and oxygen atoms in total. The van der Waals surface area contributed by atoms with Gasteiger partial charge in [-0.1, -0.05) is 42.1 Å². The van der Waals surface area contributed by atoms with Crippen LogP contribution < -0.4 is 5.32 Å². The lowest BCUT2D eigenvalue weighted by atomic mass is 10.2. The van der Waals surface area contributed by atoms with Crippen molar-refractivity contribution < 1.29 is 9.18 Å². The van der Waals surface area contributed by atoms with Crippen LogP contribution >= 0.6 is 11.8 Å². The van der Waals surface area contributed by atoms with Crippen LogP contribution in [0.5, 0.6) is 0 Å². The van der Waals surface area contributed by atoms with Crippen molar-refractivity contribution in [3.8, 4) is 5.69 Å². The van der Waals surface area contributed by atoms with Crippen LogP contribution in [0.1, 0.15) is 11.1 Å². The summed E-state index contributed by atoms with van der Waals surface area (Å²) in [5, 5.41) is 15.0. The van der Waals surface area contributed by atoms with E-state index in [0.717, 1.165) is 16.8 Å². The Hall–Kier alpha value is -2.74. The van der Waals surface area contributed by atoms with Crippen LogP contribution in [0.15, 0.2) is 53.7 Å². The summed E-state index contributed by atoms with van der Waals surface area (Å²) in [7, 11) is 0. The van der Waals surface area contributed by atoms with Gasteiger partial charge in [-0.3, -0.25) is 4.79 Å². The molecule has 0 fully saturated rings. The number of hydrogen-bond donors (Lipinski definition) is 1. The molecule has 0 saturated heterocycles. The average molecular weight is 357 g/mol. The summed E-state index contributed by atoms with van der Waals surface area (Å²) in [6.07, 6.45) is 0. The Morgan fingerprint density at radius 3 is 2.72 bits per heavy atom. The Labute approximate surface area is 148 Å². The number of nitrogens with one attached hydrogen (secondary N) is 1. The fourth-order valence-corrected chi connectivity index (χ4v) is 2.92. The number of nitrogens with zero attached hydrogens (tertiary/aromatic N) is 4. The molecule has 128 valence electrons. The zero-order valence-corrected chi connectivity index (χ0v) is 14.3. The third-order valence-corrected chi connectivity index (χ3v) is 4.44. The second kappa shape index (κ2) is 7.89. The lowest BCUT2D eigenvalue weighted by Gasteiger charge is -2.07. The molecular formula is C17H16FN5OS. The lowest BCUT2D eigenvalue weighted by molar-refractivity contribution is -0.118. The second-order valence-corrected chi connectivity index (χ2v) is 6.29. The molecular weight excluding hydrogens is 341 g/mol. The highest BCUT2D eigenvalue weighted by Crippen LogP contribution is 2.20. The minimum absolute atomic E-state index is 0.145. The monoisotopic (exact) mass is 357 g/mol. The van der Waals surface area contributed by atoms with Crippen LogP contribution in [-0.4, -0.2) is 31.9 Å². The number of benzene rings is 2. The fraction of sp³-hybridized carbons (Fsp3) is 0.176. The number of para-hydroxylation sites is 1. The molecule has 1 heterocycles. The molecule has 0 unspecified atom stereocenters. The topological polar surface area (TPSA) is 72.7 Å². The predicted octanol–water partition coefficient (Wildman–Crippen LogP) is 2.52. The molecule has 0 bridgehead atoms. The molecule has 0 aliphatic heterocycles.